The summed E-state index contributed by atoms with van der Waals surface area (Å²) in [6.07, 6.45) is 2.11. The number of carbonyl (C=O) groups excluding carboxylic acids is 1. The van der Waals surface area contributed by atoms with E-state index in [1.54, 1.807) is 6.92 Å². The molecule has 0 aliphatic carbocycles. The molecule has 0 unspecified atom stereocenters. The van der Waals surface area contributed by atoms with Crippen molar-refractivity contribution in [3.05, 3.63) is 10.9 Å². The number of esters is 1. The Balaban J connectivity index is 4.79. The predicted molar refractivity (Wildman–Crippen MR) is 56.5 cm³/mol. The van der Waals surface area contributed by atoms with E-state index in [4.69, 9.17) is 4.74 Å². The van der Waals surface area contributed by atoms with Gasteiger partial charge in [0.15, 0.2) is 8.46 Å². The van der Waals surface area contributed by atoms with Gasteiger partial charge in [-0.2, -0.15) is 0 Å². The Morgan fingerprint density at radius 2 is 1.93 bits per heavy atom. The molecule has 4 heteroatoms. The molecular formula is C10H17O3P. The van der Waals surface area contributed by atoms with Crippen LogP contribution >= 0.6 is 8.46 Å². The zero-order valence-corrected chi connectivity index (χ0v) is 9.89. The van der Waals surface area contributed by atoms with Gasteiger partial charge < -0.3 is 4.74 Å². The van der Waals surface area contributed by atoms with Gasteiger partial charge in [0, 0.05) is 10.9 Å². The minimum Gasteiger partial charge on any atom is -0.463 e. The Hall–Kier alpha value is -0.690. The van der Waals surface area contributed by atoms with Gasteiger partial charge in [-0.05, 0) is 19.8 Å². The Bertz CT molecular complexity index is 234. The van der Waals surface area contributed by atoms with Crippen molar-refractivity contribution in [1.82, 2.24) is 0 Å². The summed E-state index contributed by atoms with van der Waals surface area (Å²) >= 11 is 0. The van der Waals surface area contributed by atoms with Gasteiger partial charge in [-0.1, -0.05) is 20.3 Å². The number of hydrogen-bond acceptors (Lipinski definition) is 3. The van der Waals surface area contributed by atoms with Crippen LogP contribution in [0.3, 0.4) is 0 Å². The third kappa shape index (κ3) is 4.01. The van der Waals surface area contributed by atoms with E-state index in [2.05, 4.69) is 0 Å². The van der Waals surface area contributed by atoms with E-state index in [1.807, 2.05) is 13.8 Å². The van der Waals surface area contributed by atoms with Crippen LogP contribution in [0.5, 0.6) is 0 Å². The molecule has 0 spiro atoms. The fraction of sp³-hybridized carbons (Fsp3) is 0.700. The number of ether oxygens (including phenoxy) is 1. The minimum absolute atomic E-state index is 0.0670. The molecular weight excluding hydrogens is 199 g/mol. The lowest BCUT2D eigenvalue weighted by Gasteiger charge is -2.07. The molecule has 14 heavy (non-hydrogen) atoms. The SMILES string of the molecule is CCCC(C(=O)OCC)=C(CC)P=O. The molecule has 0 N–H and O–H groups in total. The lowest BCUT2D eigenvalue weighted by atomic mass is 10.1. The molecule has 0 atom stereocenters. The summed E-state index contributed by atoms with van der Waals surface area (Å²) in [5.41, 5.74) is 0.577. The molecule has 0 bridgehead atoms. The van der Waals surface area contributed by atoms with Gasteiger partial charge in [-0.25, -0.2) is 4.79 Å². The van der Waals surface area contributed by atoms with Crippen LogP contribution in [-0.4, -0.2) is 12.6 Å². The summed E-state index contributed by atoms with van der Waals surface area (Å²) in [6, 6.07) is 0. The Labute approximate surface area is 86.7 Å². The highest BCUT2D eigenvalue weighted by Crippen LogP contribution is 2.24. The molecule has 0 fully saturated rings. The molecule has 0 aliphatic rings. The van der Waals surface area contributed by atoms with Crippen molar-refractivity contribution >= 4 is 14.4 Å². The first kappa shape index (κ1) is 13.3. The van der Waals surface area contributed by atoms with Gasteiger partial charge in [0.25, 0.3) is 0 Å². The van der Waals surface area contributed by atoms with E-state index >= 15 is 0 Å². The maximum absolute atomic E-state index is 11.5. The lowest BCUT2D eigenvalue weighted by Crippen LogP contribution is -2.09. The Kier molecular flexibility index (Phi) is 7.31. The van der Waals surface area contributed by atoms with E-state index in [9.17, 15) is 9.36 Å². The van der Waals surface area contributed by atoms with Crippen molar-refractivity contribution < 1.29 is 14.1 Å². The van der Waals surface area contributed by atoms with E-state index in [1.165, 1.54) is 0 Å². The maximum Gasteiger partial charge on any atom is 0.334 e. The highest BCUT2D eigenvalue weighted by atomic mass is 31.1. The van der Waals surface area contributed by atoms with Crippen LogP contribution < -0.4 is 0 Å². The summed E-state index contributed by atoms with van der Waals surface area (Å²) in [5, 5.41) is 0.658. The molecule has 0 amide bonds. The average Bonchev–Trinajstić information content (AvgIpc) is 2.18. The number of carbonyl (C=O) groups is 1. The molecule has 0 radical (unpaired) electrons. The van der Waals surface area contributed by atoms with E-state index in [0.717, 1.165) is 6.42 Å². The van der Waals surface area contributed by atoms with Crippen molar-refractivity contribution in [2.45, 2.75) is 40.0 Å². The van der Waals surface area contributed by atoms with Crippen molar-refractivity contribution in [3.8, 4) is 0 Å². The molecule has 0 saturated carbocycles. The smallest absolute Gasteiger partial charge is 0.334 e. The van der Waals surface area contributed by atoms with Gasteiger partial charge in [-0.3, -0.25) is 4.57 Å². The molecule has 0 saturated heterocycles. The summed E-state index contributed by atoms with van der Waals surface area (Å²) in [4.78, 5) is 11.5. The monoisotopic (exact) mass is 216 g/mol. The van der Waals surface area contributed by atoms with Crippen LogP contribution in [0.15, 0.2) is 10.9 Å². The van der Waals surface area contributed by atoms with Crippen molar-refractivity contribution in [2.75, 3.05) is 6.61 Å². The quantitative estimate of drug-likeness (QED) is 0.388. The number of allylic oxidation sites excluding steroid dienone is 1. The van der Waals surface area contributed by atoms with Crippen molar-refractivity contribution in [2.24, 2.45) is 0 Å². The van der Waals surface area contributed by atoms with Gasteiger partial charge in [0.05, 0.1) is 6.61 Å². The first-order chi connectivity index (χ1) is 6.71. The fourth-order valence-electron chi connectivity index (χ4n) is 1.17. The van der Waals surface area contributed by atoms with Gasteiger partial charge >= 0.3 is 5.97 Å². The first-order valence-corrected chi connectivity index (χ1v) is 5.74. The molecule has 0 heterocycles. The fourth-order valence-corrected chi connectivity index (χ4v) is 1.61. The van der Waals surface area contributed by atoms with Crippen LogP contribution in [0.25, 0.3) is 0 Å². The third-order valence-corrected chi connectivity index (χ3v) is 2.62. The molecule has 80 valence electrons. The lowest BCUT2D eigenvalue weighted by molar-refractivity contribution is -0.138. The largest absolute Gasteiger partial charge is 0.463 e. The molecule has 0 aromatic carbocycles. The zero-order valence-electron chi connectivity index (χ0n) is 9.00. The molecule has 0 aromatic heterocycles. The number of rotatable bonds is 6. The second kappa shape index (κ2) is 7.69. The zero-order chi connectivity index (χ0) is 11.0. The van der Waals surface area contributed by atoms with Crippen LogP contribution in [0.2, 0.25) is 0 Å². The normalized spacial score (nSPS) is 12.5. The van der Waals surface area contributed by atoms with Crippen LogP contribution in [0.4, 0.5) is 0 Å². The Morgan fingerprint density at radius 1 is 1.29 bits per heavy atom. The molecule has 0 aliphatic heterocycles. The highest BCUT2D eigenvalue weighted by molar-refractivity contribution is 7.29. The number of hydrogen-bond donors (Lipinski definition) is 0. The van der Waals surface area contributed by atoms with Gasteiger partial charge in [0.2, 0.25) is 0 Å². The van der Waals surface area contributed by atoms with Crippen molar-refractivity contribution in [3.63, 3.8) is 0 Å². The highest BCUT2D eigenvalue weighted by Gasteiger charge is 2.14. The van der Waals surface area contributed by atoms with Gasteiger partial charge in [-0.15, -0.1) is 0 Å². The second-order valence-corrected chi connectivity index (χ2v) is 3.56. The van der Waals surface area contributed by atoms with Gasteiger partial charge in [0.1, 0.15) is 0 Å². The van der Waals surface area contributed by atoms with E-state index in [0.29, 0.717) is 30.3 Å². The third-order valence-electron chi connectivity index (χ3n) is 1.82. The van der Waals surface area contributed by atoms with Crippen LogP contribution in [0.1, 0.15) is 40.0 Å². The summed E-state index contributed by atoms with van der Waals surface area (Å²) < 4.78 is 15.7. The average molecular weight is 216 g/mol. The topological polar surface area (TPSA) is 43.4 Å². The van der Waals surface area contributed by atoms with Crippen LogP contribution in [0, 0.1) is 0 Å². The molecule has 0 aromatic rings. The van der Waals surface area contributed by atoms with Crippen molar-refractivity contribution in [1.29, 1.82) is 0 Å². The summed E-state index contributed by atoms with van der Waals surface area (Å²) in [5.74, 6) is -0.324. The Morgan fingerprint density at radius 3 is 2.29 bits per heavy atom. The minimum atomic E-state index is -0.324. The predicted octanol–water partition coefficient (Wildman–Crippen LogP) is 3.31. The van der Waals surface area contributed by atoms with Crippen LogP contribution in [-0.2, 0) is 14.1 Å². The summed E-state index contributed by atoms with van der Waals surface area (Å²) in [7, 11) is -0.0670. The first-order valence-electron chi connectivity index (χ1n) is 4.93. The van der Waals surface area contributed by atoms with E-state index < -0.39 is 0 Å². The molecule has 3 nitrogen and oxygen atoms in total. The standard InChI is InChI=1S/C10H17O3P/c1-4-7-8(9(5-2)14-12)10(11)13-6-3/h4-7H2,1-3H3. The maximum atomic E-state index is 11.5. The second-order valence-electron chi connectivity index (χ2n) is 2.84. The molecule has 0 rings (SSSR count). The summed E-state index contributed by atoms with van der Waals surface area (Å²) in [6.45, 7) is 5.99. The van der Waals surface area contributed by atoms with E-state index in [-0.39, 0.29) is 14.4 Å².